The number of nitrogens with zero attached hydrogens (tertiary/aromatic N) is 1. The summed E-state index contributed by atoms with van der Waals surface area (Å²) in [7, 11) is 3.34. The van der Waals surface area contributed by atoms with Gasteiger partial charge >= 0.3 is 0 Å². The molecule has 2 aromatic rings. The monoisotopic (exact) mass is 481 g/mol. The molecule has 2 aromatic carbocycles. The van der Waals surface area contributed by atoms with Crippen molar-refractivity contribution in [3.8, 4) is 11.5 Å². The van der Waals surface area contributed by atoms with E-state index in [0.717, 1.165) is 34.5 Å². The van der Waals surface area contributed by atoms with Crippen molar-refractivity contribution in [3.05, 3.63) is 57.6 Å². The number of aldehydes is 1. The lowest BCUT2D eigenvalue weighted by molar-refractivity contribution is 0.112. The van der Waals surface area contributed by atoms with Crippen molar-refractivity contribution in [2.45, 2.75) is 87.1 Å². The minimum absolute atomic E-state index is 0.359. The second-order valence-electron chi connectivity index (χ2n) is 10.6. The van der Waals surface area contributed by atoms with Gasteiger partial charge in [0.1, 0.15) is 17.8 Å². The maximum Gasteiger partial charge on any atom is 0.150 e. The van der Waals surface area contributed by atoms with Crippen molar-refractivity contribution in [1.82, 2.24) is 0 Å². The van der Waals surface area contributed by atoms with Crippen molar-refractivity contribution in [3.63, 3.8) is 0 Å². The molecule has 0 N–H and O–H groups in total. The Balaban J connectivity index is 0.000000379. The lowest BCUT2D eigenvalue weighted by atomic mass is 9.93. The van der Waals surface area contributed by atoms with Crippen LogP contribution in [0.5, 0.6) is 11.5 Å². The van der Waals surface area contributed by atoms with Crippen molar-refractivity contribution < 1.29 is 14.3 Å². The summed E-state index contributed by atoms with van der Waals surface area (Å²) in [5, 5.41) is 0. The number of aryl methyl sites for hydroxylation is 2. The lowest BCUT2D eigenvalue weighted by Crippen LogP contribution is -2.20. The third-order valence-electron chi connectivity index (χ3n) is 6.32. The number of benzene rings is 2. The van der Waals surface area contributed by atoms with Crippen LogP contribution in [0.2, 0.25) is 0 Å². The first-order chi connectivity index (χ1) is 16.4. The summed E-state index contributed by atoms with van der Waals surface area (Å²) in [4.78, 5) is 15.7. The molecule has 0 saturated heterocycles. The smallest absolute Gasteiger partial charge is 0.150 e. The molecule has 0 saturated carbocycles. The highest BCUT2D eigenvalue weighted by Crippen LogP contribution is 2.28. The highest BCUT2D eigenvalue weighted by Gasteiger charge is 2.16. The molecule has 0 aromatic heterocycles. The quantitative estimate of drug-likeness (QED) is 0.268. The van der Waals surface area contributed by atoms with E-state index in [1.807, 2.05) is 19.2 Å². The summed E-state index contributed by atoms with van der Waals surface area (Å²) < 4.78 is 10.6. The van der Waals surface area contributed by atoms with Crippen LogP contribution < -0.4 is 9.47 Å². The summed E-state index contributed by atoms with van der Waals surface area (Å²) >= 11 is 0. The van der Waals surface area contributed by atoms with Gasteiger partial charge in [0.25, 0.3) is 0 Å². The van der Waals surface area contributed by atoms with Crippen LogP contribution in [0.15, 0.2) is 29.3 Å². The van der Waals surface area contributed by atoms with Crippen LogP contribution in [0, 0.1) is 25.7 Å². The van der Waals surface area contributed by atoms with Gasteiger partial charge in [-0.15, -0.1) is 0 Å². The molecule has 0 heterocycles. The molecule has 0 amide bonds. The van der Waals surface area contributed by atoms with E-state index in [4.69, 9.17) is 14.5 Å². The second kappa shape index (κ2) is 14.1. The second-order valence-corrected chi connectivity index (χ2v) is 10.6. The van der Waals surface area contributed by atoms with Gasteiger partial charge in [-0.25, -0.2) is 0 Å². The van der Waals surface area contributed by atoms with Crippen LogP contribution >= 0.6 is 0 Å². The fraction of sp³-hybridized carbons (Fsp3) is 0.548. The van der Waals surface area contributed by atoms with Gasteiger partial charge in [0.15, 0.2) is 0 Å². The highest BCUT2D eigenvalue weighted by molar-refractivity contribution is 5.83. The zero-order chi connectivity index (χ0) is 26.9. The van der Waals surface area contributed by atoms with Crippen LogP contribution in [-0.4, -0.2) is 32.8 Å². The summed E-state index contributed by atoms with van der Waals surface area (Å²) in [5.41, 5.74) is 6.58. The summed E-state index contributed by atoms with van der Waals surface area (Å²) in [6.45, 7) is 21.6. The number of ether oxygens (including phenoxy) is 2. The Bertz CT molecular complexity index is 979. The topological polar surface area (TPSA) is 47.9 Å². The Hall–Kier alpha value is -2.62. The minimum atomic E-state index is 0.359. The van der Waals surface area contributed by atoms with E-state index in [0.29, 0.717) is 29.7 Å². The third kappa shape index (κ3) is 8.52. The fourth-order valence-corrected chi connectivity index (χ4v) is 4.39. The van der Waals surface area contributed by atoms with Gasteiger partial charge in [-0.3, -0.25) is 9.79 Å². The molecule has 0 bridgehead atoms. The summed E-state index contributed by atoms with van der Waals surface area (Å²) in [5.74, 6) is 3.66. The number of methoxy groups -OCH3 is 2. The van der Waals surface area contributed by atoms with Gasteiger partial charge in [-0.2, -0.15) is 0 Å². The molecule has 194 valence electrons. The van der Waals surface area contributed by atoms with Crippen molar-refractivity contribution in [1.29, 1.82) is 0 Å². The van der Waals surface area contributed by atoms with E-state index >= 15 is 0 Å². The Kier molecular flexibility index (Phi) is 12.2. The van der Waals surface area contributed by atoms with Gasteiger partial charge < -0.3 is 9.47 Å². The van der Waals surface area contributed by atoms with Crippen LogP contribution in [0.1, 0.15) is 105 Å². The molecular formula is C31H47NO3. The maximum atomic E-state index is 10.9. The Morgan fingerprint density at radius 1 is 0.686 bits per heavy atom. The number of hydrogen-bond acceptors (Lipinski definition) is 4. The zero-order valence-corrected chi connectivity index (χ0v) is 24.0. The van der Waals surface area contributed by atoms with E-state index in [-0.39, 0.29) is 0 Å². The first kappa shape index (κ1) is 30.4. The fourth-order valence-electron chi connectivity index (χ4n) is 4.39. The van der Waals surface area contributed by atoms with Gasteiger partial charge in [-0.05, 0) is 77.5 Å². The Labute approximate surface area is 214 Å². The van der Waals surface area contributed by atoms with Crippen molar-refractivity contribution in [2.24, 2.45) is 16.8 Å². The maximum absolute atomic E-state index is 10.9. The van der Waals surface area contributed by atoms with Gasteiger partial charge in [0.05, 0.1) is 20.3 Å². The van der Waals surface area contributed by atoms with E-state index in [1.165, 1.54) is 16.7 Å². The zero-order valence-electron chi connectivity index (χ0n) is 24.0. The normalized spacial score (nSPS) is 11.6. The molecule has 0 spiro atoms. The number of aliphatic imine (C=N–C) groups is 1. The predicted molar refractivity (Wildman–Crippen MR) is 150 cm³/mol. The molecule has 2 rings (SSSR count). The van der Waals surface area contributed by atoms with Crippen LogP contribution in [0.25, 0.3) is 0 Å². The van der Waals surface area contributed by atoms with Crippen LogP contribution in [0.4, 0.5) is 0 Å². The molecule has 0 aliphatic carbocycles. The van der Waals surface area contributed by atoms with E-state index < -0.39 is 0 Å². The molecule has 0 radical (unpaired) electrons. The number of rotatable bonds is 9. The van der Waals surface area contributed by atoms with E-state index in [1.54, 1.807) is 20.3 Å². The summed E-state index contributed by atoms with van der Waals surface area (Å²) in [6.07, 6.45) is 2.93. The molecule has 4 nitrogen and oxygen atoms in total. The number of carbonyl (C=O) groups is 1. The molecule has 0 aliphatic heterocycles. The largest absolute Gasteiger partial charge is 0.496 e. The van der Waals surface area contributed by atoms with Crippen LogP contribution in [-0.2, 0) is 0 Å². The third-order valence-corrected chi connectivity index (χ3v) is 6.32. The first-order valence-corrected chi connectivity index (χ1v) is 12.7. The predicted octanol–water partition coefficient (Wildman–Crippen LogP) is 8.17. The molecule has 0 atom stereocenters. The molecule has 0 aliphatic rings. The van der Waals surface area contributed by atoms with Crippen molar-refractivity contribution in [2.75, 3.05) is 14.2 Å². The average molecular weight is 482 g/mol. The molecule has 35 heavy (non-hydrogen) atoms. The van der Waals surface area contributed by atoms with E-state index in [2.05, 4.69) is 74.4 Å². The molecule has 0 fully saturated rings. The SMILES string of the molecule is COc1cc(C=NC(C(C)C)C(C)C)c(C(C)C)cc1C.COc1cc(C=O)c(C(C)C)cc1C. The van der Waals surface area contributed by atoms with Crippen molar-refractivity contribution >= 4 is 12.5 Å². The number of carbonyl (C=O) groups excluding carboxylic acids is 1. The highest BCUT2D eigenvalue weighted by atomic mass is 16.5. The van der Waals surface area contributed by atoms with Gasteiger partial charge in [-0.1, -0.05) is 67.5 Å². The number of hydrogen-bond donors (Lipinski definition) is 0. The van der Waals surface area contributed by atoms with E-state index in [9.17, 15) is 4.79 Å². The van der Waals surface area contributed by atoms with Crippen LogP contribution in [0.3, 0.4) is 0 Å². The molecule has 4 heteroatoms. The minimum Gasteiger partial charge on any atom is -0.496 e. The average Bonchev–Trinajstić information content (AvgIpc) is 2.79. The molecule has 0 unspecified atom stereocenters. The van der Waals surface area contributed by atoms with Gasteiger partial charge in [0, 0.05) is 11.8 Å². The molecular weight excluding hydrogens is 434 g/mol. The van der Waals surface area contributed by atoms with Gasteiger partial charge in [0.2, 0.25) is 0 Å². The Morgan fingerprint density at radius 2 is 1.09 bits per heavy atom. The summed E-state index contributed by atoms with van der Waals surface area (Å²) in [6, 6.07) is 8.53. The Morgan fingerprint density at radius 3 is 1.43 bits per heavy atom. The standard InChI is InChI=1S/C19H31NO.C12H16O2/c1-12(2)17-9-15(7)18(21-8)10-16(17)11-20-19(13(3)4)14(5)6;1-8(2)11-5-9(3)12(14-4)6-10(11)7-13/h9-14,19H,1-8H3;5-8H,1-4H3. The first-order valence-electron chi connectivity index (χ1n) is 12.7. The lowest BCUT2D eigenvalue weighted by Gasteiger charge is -2.21.